The van der Waals surface area contributed by atoms with Gasteiger partial charge in [0.05, 0.1) is 19.8 Å². The zero-order valence-electron chi connectivity index (χ0n) is 34.5. The van der Waals surface area contributed by atoms with E-state index in [1.165, 1.54) is 103 Å². The molecular weight excluding hydrogens is 638 g/mol. The molecule has 1 N–H and O–H groups in total. The van der Waals surface area contributed by atoms with E-state index >= 15 is 0 Å². The Morgan fingerprint density at radius 2 is 0.922 bits per heavy atom. The minimum atomic E-state index is -0.532. The highest BCUT2D eigenvalue weighted by Gasteiger charge is 2.14. The molecule has 51 heavy (non-hydrogen) atoms. The van der Waals surface area contributed by atoms with Crippen LogP contribution in [0.15, 0.2) is 0 Å². The molecule has 0 bridgehead atoms. The zero-order valence-corrected chi connectivity index (χ0v) is 34.5. The maximum Gasteiger partial charge on any atom is 0.508 e. The lowest BCUT2D eigenvalue weighted by atomic mass is 10.0. The SMILES string of the molecule is CCCCCCCCC(CCCCCCCC)OC(=O)CCCCCCCN(CCO)CCCCCCOC(=O)OCCCCCCCC(C)C. The molecule has 7 heteroatoms. The highest BCUT2D eigenvalue weighted by atomic mass is 16.7. The van der Waals surface area contributed by atoms with Gasteiger partial charge in [0, 0.05) is 13.0 Å². The molecule has 0 rings (SSSR count). The summed E-state index contributed by atoms with van der Waals surface area (Å²) in [5, 5.41) is 9.53. The molecule has 0 aliphatic carbocycles. The lowest BCUT2D eigenvalue weighted by Gasteiger charge is -2.21. The standard InChI is InChI=1S/C44H87NO6/c1-5-7-9-11-16-24-32-42(33-25-17-12-10-8-6-2)51-43(47)34-26-18-13-19-27-35-45(37-38-46)36-28-20-22-30-40-50-44(48)49-39-29-21-14-15-23-31-41(3)4/h41-42,46H,5-40H2,1-4H3. The lowest BCUT2D eigenvalue weighted by Crippen LogP contribution is -2.29. The van der Waals surface area contributed by atoms with Gasteiger partial charge in [-0.05, 0) is 76.8 Å². The fourth-order valence-electron chi connectivity index (χ4n) is 6.75. The van der Waals surface area contributed by atoms with Crippen molar-refractivity contribution in [1.29, 1.82) is 0 Å². The first-order chi connectivity index (χ1) is 24.9. The summed E-state index contributed by atoms with van der Waals surface area (Å²) in [5.41, 5.74) is 0. The van der Waals surface area contributed by atoms with Gasteiger partial charge in [0.25, 0.3) is 0 Å². The molecule has 0 aromatic heterocycles. The van der Waals surface area contributed by atoms with Gasteiger partial charge in [0.1, 0.15) is 6.10 Å². The van der Waals surface area contributed by atoms with Crippen molar-refractivity contribution in [1.82, 2.24) is 4.90 Å². The first-order valence-electron chi connectivity index (χ1n) is 22.2. The van der Waals surface area contributed by atoms with Crippen LogP contribution in [0.1, 0.15) is 220 Å². The van der Waals surface area contributed by atoms with Gasteiger partial charge >= 0.3 is 12.1 Å². The Kier molecular flexibility index (Phi) is 38.8. The molecule has 304 valence electrons. The lowest BCUT2D eigenvalue weighted by molar-refractivity contribution is -0.150. The second-order valence-electron chi connectivity index (χ2n) is 15.6. The Balaban J connectivity index is 3.93. The van der Waals surface area contributed by atoms with Gasteiger partial charge in [-0.3, -0.25) is 4.79 Å². The third-order valence-electron chi connectivity index (χ3n) is 10.1. The van der Waals surface area contributed by atoms with Crippen molar-refractivity contribution in [2.45, 2.75) is 226 Å². The number of nitrogens with zero attached hydrogens (tertiary/aromatic N) is 1. The highest BCUT2D eigenvalue weighted by Crippen LogP contribution is 2.18. The average molecular weight is 726 g/mol. The molecule has 0 atom stereocenters. The average Bonchev–Trinajstić information content (AvgIpc) is 3.11. The van der Waals surface area contributed by atoms with E-state index in [4.69, 9.17) is 14.2 Å². The van der Waals surface area contributed by atoms with Crippen LogP contribution in [0.5, 0.6) is 0 Å². The summed E-state index contributed by atoms with van der Waals surface area (Å²) in [6.45, 7) is 12.8. The van der Waals surface area contributed by atoms with Gasteiger partial charge < -0.3 is 24.2 Å². The normalized spacial score (nSPS) is 11.6. The van der Waals surface area contributed by atoms with Crippen LogP contribution in [-0.2, 0) is 19.0 Å². The van der Waals surface area contributed by atoms with Crippen LogP contribution >= 0.6 is 0 Å². The third-order valence-corrected chi connectivity index (χ3v) is 10.1. The first-order valence-corrected chi connectivity index (χ1v) is 22.2. The molecule has 0 heterocycles. The van der Waals surface area contributed by atoms with E-state index in [-0.39, 0.29) is 18.7 Å². The topological polar surface area (TPSA) is 85.3 Å². The van der Waals surface area contributed by atoms with E-state index < -0.39 is 6.16 Å². The van der Waals surface area contributed by atoms with Crippen molar-refractivity contribution in [2.75, 3.05) is 39.5 Å². The fourth-order valence-corrected chi connectivity index (χ4v) is 6.75. The number of rotatable bonds is 40. The van der Waals surface area contributed by atoms with Crippen molar-refractivity contribution in [3.63, 3.8) is 0 Å². The molecule has 0 aromatic carbocycles. The number of hydrogen-bond acceptors (Lipinski definition) is 7. The smallest absolute Gasteiger partial charge is 0.462 e. The summed E-state index contributed by atoms with van der Waals surface area (Å²) >= 11 is 0. The van der Waals surface area contributed by atoms with E-state index in [1.54, 1.807) is 0 Å². The van der Waals surface area contributed by atoms with Crippen LogP contribution in [-0.4, -0.2) is 67.7 Å². The number of aliphatic hydroxyl groups excluding tert-OH is 1. The minimum Gasteiger partial charge on any atom is -0.462 e. The van der Waals surface area contributed by atoms with Crippen molar-refractivity contribution in [2.24, 2.45) is 5.92 Å². The molecule has 0 fully saturated rings. The molecule has 0 radical (unpaired) electrons. The number of hydrogen-bond donors (Lipinski definition) is 1. The largest absolute Gasteiger partial charge is 0.508 e. The zero-order chi connectivity index (χ0) is 37.5. The van der Waals surface area contributed by atoms with Crippen LogP contribution in [0.4, 0.5) is 4.79 Å². The highest BCUT2D eigenvalue weighted by molar-refractivity contribution is 5.69. The molecule has 0 saturated carbocycles. The third kappa shape index (κ3) is 38.2. The summed E-state index contributed by atoms with van der Waals surface area (Å²) < 4.78 is 16.4. The van der Waals surface area contributed by atoms with Crippen molar-refractivity contribution in [3.05, 3.63) is 0 Å². The van der Waals surface area contributed by atoms with Crippen molar-refractivity contribution >= 4 is 12.1 Å². The monoisotopic (exact) mass is 726 g/mol. The Morgan fingerprint density at radius 1 is 0.510 bits per heavy atom. The summed E-state index contributed by atoms with van der Waals surface area (Å²) in [6, 6.07) is 0. The van der Waals surface area contributed by atoms with Gasteiger partial charge in [0.2, 0.25) is 0 Å². The maximum absolute atomic E-state index is 12.7. The maximum atomic E-state index is 12.7. The molecule has 0 spiro atoms. The molecule has 0 aliphatic heterocycles. The number of unbranched alkanes of at least 4 members (excludes halogenated alkanes) is 21. The van der Waals surface area contributed by atoms with Gasteiger partial charge in [-0.25, -0.2) is 4.79 Å². The molecular formula is C44H87NO6. The molecule has 0 aromatic rings. The van der Waals surface area contributed by atoms with Crippen molar-refractivity contribution < 1.29 is 28.9 Å². The number of aliphatic hydroxyl groups is 1. The van der Waals surface area contributed by atoms with E-state index in [2.05, 4.69) is 32.6 Å². The van der Waals surface area contributed by atoms with E-state index in [0.717, 1.165) is 109 Å². The van der Waals surface area contributed by atoms with Crippen LogP contribution in [0, 0.1) is 5.92 Å². The summed E-state index contributed by atoms with van der Waals surface area (Å²) in [7, 11) is 0. The number of ether oxygens (including phenoxy) is 3. The first kappa shape index (κ1) is 49.7. The molecule has 7 nitrogen and oxygen atoms in total. The van der Waals surface area contributed by atoms with Gasteiger partial charge in [0.15, 0.2) is 0 Å². The number of carbonyl (C=O) groups is 2. The summed E-state index contributed by atoms with van der Waals surface area (Å²) in [5.74, 6) is 0.787. The Labute approximate surface area is 317 Å². The van der Waals surface area contributed by atoms with Gasteiger partial charge in [-0.15, -0.1) is 0 Å². The second kappa shape index (κ2) is 39.9. The van der Waals surface area contributed by atoms with E-state index in [0.29, 0.717) is 19.6 Å². The van der Waals surface area contributed by atoms with Crippen LogP contribution in [0.3, 0.4) is 0 Å². The molecule has 0 unspecified atom stereocenters. The molecule has 0 amide bonds. The minimum absolute atomic E-state index is 0.00570. The van der Waals surface area contributed by atoms with E-state index in [1.807, 2.05) is 0 Å². The van der Waals surface area contributed by atoms with Crippen molar-refractivity contribution in [3.8, 4) is 0 Å². The quantitative estimate of drug-likeness (QED) is 0.0497. The van der Waals surface area contributed by atoms with Crippen LogP contribution < -0.4 is 0 Å². The van der Waals surface area contributed by atoms with Gasteiger partial charge in [-0.1, -0.05) is 156 Å². The molecule has 0 saturated heterocycles. The number of carbonyl (C=O) groups excluding carboxylic acids is 2. The van der Waals surface area contributed by atoms with Crippen LogP contribution in [0.25, 0.3) is 0 Å². The van der Waals surface area contributed by atoms with Gasteiger partial charge in [-0.2, -0.15) is 0 Å². The number of esters is 1. The predicted octanol–water partition coefficient (Wildman–Crippen LogP) is 12.7. The summed E-state index contributed by atoms with van der Waals surface area (Å²) in [4.78, 5) is 26.8. The Hall–Kier alpha value is -1.34. The van der Waals surface area contributed by atoms with E-state index in [9.17, 15) is 14.7 Å². The second-order valence-corrected chi connectivity index (χ2v) is 15.6. The molecule has 0 aliphatic rings. The van der Waals surface area contributed by atoms with Crippen LogP contribution in [0.2, 0.25) is 0 Å². The Morgan fingerprint density at radius 3 is 1.39 bits per heavy atom. The fraction of sp³-hybridized carbons (Fsp3) is 0.955. The predicted molar refractivity (Wildman–Crippen MR) is 215 cm³/mol. The summed E-state index contributed by atoms with van der Waals surface area (Å²) in [6.07, 6.45) is 34.1. The Bertz CT molecular complexity index is 716.